The maximum Gasteiger partial charge on any atom is 0.257 e. The number of carbonyl (C=O) groups excluding carboxylic acids is 1. The average Bonchev–Trinajstić information content (AvgIpc) is 2.40. The minimum atomic E-state index is -4.04. The fourth-order valence-corrected chi connectivity index (χ4v) is 2.05. The molecule has 2 aromatic rings. The average molecular weight is 313 g/mol. The van der Waals surface area contributed by atoms with Crippen LogP contribution in [0.5, 0.6) is 0 Å². The van der Waals surface area contributed by atoms with Gasteiger partial charge in [0.05, 0.1) is 22.3 Å². The molecule has 9 heteroatoms. The summed E-state index contributed by atoms with van der Waals surface area (Å²) in [6.07, 6.45) is 1.98. The van der Waals surface area contributed by atoms with Crippen LogP contribution in [-0.2, 0) is 10.0 Å². The first-order chi connectivity index (χ1) is 9.77. The lowest BCUT2D eigenvalue weighted by Crippen LogP contribution is -2.16. The van der Waals surface area contributed by atoms with Gasteiger partial charge in [0.1, 0.15) is 11.6 Å². The third-order valence-corrected chi connectivity index (χ3v) is 3.39. The Hall–Kier alpha value is -2.39. The maximum absolute atomic E-state index is 13.6. The lowest BCUT2D eigenvalue weighted by Gasteiger charge is -2.08. The number of amides is 1. The molecule has 1 amide bonds. The molecule has 1 aromatic carbocycles. The number of benzene rings is 1. The topological polar surface area (TPSA) is 102 Å². The maximum atomic E-state index is 13.6. The molecule has 0 spiro atoms. The summed E-state index contributed by atoms with van der Waals surface area (Å²) in [7, 11) is -4.04. The van der Waals surface area contributed by atoms with Gasteiger partial charge in [0, 0.05) is 6.20 Å². The zero-order valence-corrected chi connectivity index (χ0v) is 11.2. The van der Waals surface area contributed by atoms with E-state index in [-0.39, 0.29) is 10.5 Å². The van der Waals surface area contributed by atoms with Gasteiger partial charge < -0.3 is 5.32 Å². The summed E-state index contributed by atoms with van der Waals surface area (Å²) in [5, 5.41) is 7.04. The molecule has 0 atom stereocenters. The lowest BCUT2D eigenvalue weighted by molar-refractivity contribution is 0.102. The number of carbonyl (C=O) groups is 1. The molecule has 0 radical (unpaired) electrons. The molecule has 3 N–H and O–H groups in total. The Kier molecular flexibility index (Phi) is 3.96. The number of pyridine rings is 1. The van der Waals surface area contributed by atoms with Gasteiger partial charge in [0.2, 0.25) is 10.0 Å². The summed E-state index contributed by atoms with van der Waals surface area (Å²) < 4.78 is 48.9. The van der Waals surface area contributed by atoms with Crippen LogP contribution in [-0.4, -0.2) is 19.3 Å². The second kappa shape index (κ2) is 5.54. The molecule has 0 aliphatic carbocycles. The van der Waals surface area contributed by atoms with Crippen LogP contribution in [0.1, 0.15) is 10.4 Å². The Morgan fingerprint density at radius 3 is 2.52 bits per heavy atom. The predicted octanol–water partition coefficient (Wildman–Crippen LogP) is 1.26. The van der Waals surface area contributed by atoms with Crippen molar-refractivity contribution in [1.29, 1.82) is 0 Å². The van der Waals surface area contributed by atoms with Gasteiger partial charge in [-0.15, -0.1) is 0 Å². The fraction of sp³-hybridized carbons (Fsp3) is 0. The minimum absolute atomic E-state index is 0.143. The smallest absolute Gasteiger partial charge is 0.257 e. The summed E-state index contributed by atoms with van der Waals surface area (Å²) >= 11 is 0. The van der Waals surface area contributed by atoms with E-state index in [4.69, 9.17) is 5.14 Å². The standard InChI is InChI=1S/C12H9F2N3O3S/c13-8-3-7(5-16-6-8)12(18)17-11-4-9(21(15,19)20)1-2-10(11)14/h1-6H,(H,17,18)(H2,15,19,20). The molecular weight excluding hydrogens is 304 g/mol. The number of primary sulfonamides is 1. The molecule has 1 aromatic heterocycles. The highest BCUT2D eigenvalue weighted by molar-refractivity contribution is 7.89. The summed E-state index contributed by atoms with van der Waals surface area (Å²) in [4.78, 5) is 14.9. The highest BCUT2D eigenvalue weighted by Gasteiger charge is 2.14. The first-order valence-corrected chi connectivity index (χ1v) is 7.06. The van der Waals surface area contributed by atoms with Crippen molar-refractivity contribution in [3.63, 3.8) is 0 Å². The molecule has 1 heterocycles. The molecule has 0 fully saturated rings. The zero-order valence-electron chi connectivity index (χ0n) is 10.4. The first kappa shape index (κ1) is 15.0. The van der Waals surface area contributed by atoms with Crippen molar-refractivity contribution in [2.45, 2.75) is 4.90 Å². The number of halogens is 2. The molecule has 6 nitrogen and oxygen atoms in total. The SMILES string of the molecule is NS(=O)(=O)c1ccc(F)c(NC(=O)c2cncc(F)c2)c1. The molecule has 2 rings (SSSR count). The van der Waals surface area contributed by atoms with Crippen molar-refractivity contribution in [2.75, 3.05) is 5.32 Å². The number of nitrogens with two attached hydrogens (primary N) is 1. The number of rotatable bonds is 3. The highest BCUT2D eigenvalue weighted by atomic mass is 32.2. The normalized spacial score (nSPS) is 11.2. The number of nitrogens with zero attached hydrogens (tertiary/aromatic N) is 1. The van der Waals surface area contributed by atoms with E-state index in [2.05, 4.69) is 10.3 Å². The first-order valence-electron chi connectivity index (χ1n) is 5.51. The quantitative estimate of drug-likeness (QED) is 0.890. The van der Waals surface area contributed by atoms with Gasteiger partial charge in [-0.1, -0.05) is 0 Å². The number of hydrogen-bond acceptors (Lipinski definition) is 4. The van der Waals surface area contributed by atoms with Gasteiger partial charge in [0.15, 0.2) is 0 Å². The third kappa shape index (κ3) is 3.58. The van der Waals surface area contributed by atoms with Gasteiger partial charge in [0.25, 0.3) is 5.91 Å². The Labute approximate surface area is 118 Å². The van der Waals surface area contributed by atoms with Gasteiger partial charge in [-0.3, -0.25) is 9.78 Å². The van der Waals surface area contributed by atoms with Crippen LogP contribution in [0.4, 0.5) is 14.5 Å². The Morgan fingerprint density at radius 1 is 1.19 bits per heavy atom. The Bertz CT molecular complexity index is 809. The van der Waals surface area contributed by atoms with Gasteiger partial charge in [-0.25, -0.2) is 22.3 Å². The third-order valence-electron chi connectivity index (χ3n) is 2.48. The van der Waals surface area contributed by atoms with Gasteiger partial charge in [-0.2, -0.15) is 0 Å². The predicted molar refractivity (Wildman–Crippen MR) is 69.9 cm³/mol. The summed E-state index contributed by atoms with van der Waals surface area (Å²) in [5.41, 5.74) is -0.536. The van der Waals surface area contributed by atoms with E-state index in [1.807, 2.05) is 0 Å². The molecule has 0 saturated carbocycles. The van der Waals surface area contributed by atoms with Crippen molar-refractivity contribution in [1.82, 2.24) is 4.98 Å². The van der Waals surface area contributed by atoms with Crippen molar-refractivity contribution in [2.24, 2.45) is 5.14 Å². The van der Waals surface area contributed by atoms with Crippen LogP contribution >= 0.6 is 0 Å². The Balaban J connectivity index is 2.33. The molecule has 0 aliphatic rings. The van der Waals surface area contributed by atoms with Crippen LogP contribution in [0, 0.1) is 11.6 Å². The second-order valence-electron chi connectivity index (χ2n) is 4.03. The van der Waals surface area contributed by atoms with Crippen LogP contribution in [0.2, 0.25) is 0 Å². The van der Waals surface area contributed by atoms with E-state index >= 15 is 0 Å². The molecule has 0 unspecified atom stereocenters. The van der Waals surface area contributed by atoms with Crippen molar-refractivity contribution in [3.8, 4) is 0 Å². The summed E-state index contributed by atoms with van der Waals surface area (Å²) in [5.74, 6) is -2.44. The van der Waals surface area contributed by atoms with Gasteiger partial charge in [-0.05, 0) is 24.3 Å². The lowest BCUT2D eigenvalue weighted by atomic mass is 10.2. The number of anilines is 1. The van der Waals surface area contributed by atoms with E-state index < -0.39 is 33.3 Å². The Morgan fingerprint density at radius 2 is 1.90 bits per heavy atom. The van der Waals surface area contributed by atoms with E-state index in [9.17, 15) is 22.0 Å². The van der Waals surface area contributed by atoms with E-state index in [1.165, 1.54) is 0 Å². The van der Waals surface area contributed by atoms with E-state index in [0.29, 0.717) is 0 Å². The van der Waals surface area contributed by atoms with Crippen LogP contribution in [0.25, 0.3) is 0 Å². The molecule has 21 heavy (non-hydrogen) atoms. The van der Waals surface area contributed by atoms with Crippen LogP contribution in [0.3, 0.4) is 0 Å². The van der Waals surface area contributed by atoms with Gasteiger partial charge >= 0.3 is 0 Å². The number of hydrogen-bond donors (Lipinski definition) is 2. The zero-order chi connectivity index (χ0) is 15.6. The van der Waals surface area contributed by atoms with Crippen LogP contribution < -0.4 is 10.5 Å². The number of nitrogens with one attached hydrogen (secondary N) is 1. The molecule has 110 valence electrons. The molecule has 0 saturated heterocycles. The minimum Gasteiger partial charge on any atom is -0.319 e. The van der Waals surface area contributed by atoms with Crippen molar-refractivity contribution >= 4 is 21.6 Å². The molecular formula is C12H9F2N3O3S. The summed E-state index contributed by atoms with van der Waals surface area (Å²) in [6.45, 7) is 0. The summed E-state index contributed by atoms with van der Waals surface area (Å²) in [6, 6.07) is 3.59. The van der Waals surface area contributed by atoms with E-state index in [0.717, 1.165) is 36.7 Å². The van der Waals surface area contributed by atoms with Crippen molar-refractivity contribution in [3.05, 3.63) is 53.9 Å². The number of aromatic nitrogens is 1. The molecule has 0 aliphatic heterocycles. The fourth-order valence-electron chi connectivity index (χ4n) is 1.51. The highest BCUT2D eigenvalue weighted by Crippen LogP contribution is 2.19. The van der Waals surface area contributed by atoms with Crippen molar-refractivity contribution < 1.29 is 22.0 Å². The van der Waals surface area contributed by atoms with E-state index in [1.54, 1.807) is 0 Å². The second-order valence-corrected chi connectivity index (χ2v) is 5.59. The number of sulfonamides is 1. The monoisotopic (exact) mass is 313 g/mol. The molecule has 0 bridgehead atoms. The largest absolute Gasteiger partial charge is 0.319 e. The van der Waals surface area contributed by atoms with Crippen LogP contribution in [0.15, 0.2) is 41.6 Å².